The molecule has 0 aromatic rings. The Morgan fingerprint density at radius 1 is 1.22 bits per heavy atom. The fourth-order valence-electron chi connectivity index (χ4n) is 3.35. The van der Waals surface area contributed by atoms with Gasteiger partial charge in [0.05, 0.1) is 24.0 Å². The molecule has 4 atom stereocenters. The van der Waals surface area contributed by atoms with E-state index >= 15 is 0 Å². The molecule has 9 heteroatoms. The number of nitrogens with zero attached hydrogens (tertiary/aromatic N) is 1. The lowest BCUT2D eigenvalue weighted by atomic mass is 9.92. The van der Waals surface area contributed by atoms with Crippen molar-refractivity contribution in [1.82, 2.24) is 10.2 Å². The van der Waals surface area contributed by atoms with Gasteiger partial charge in [0, 0.05) is 20.2 Å². The van der Waals surface area contributed by atoms with E-state index in [0.29, 0.717) is 6.42 Å². The fourth-order valence-corrected chi connectivity index (χ4v) is 3.35. The normalized spacial score (nSPS) is 31.9. The molecule has 0 radical (unpaired) electrons. The molecule has 2 fully saturated rings. The number of carboxylic acid groups (broad SMARTS) is 1. The van der Waals surface area contributed by atoms with Crippen LogP contribution in [0, 0.1) is 11.8 Å². The van der Waals surface area contributed by atoms with Gasteiger partial charge in [0.1, 0.15) is 0 Å². The van der Waals surface area contributed by atoms with E-state index in [-0.39, 0.29) is 12.1 Å². The first kappa shape index (κ1) is 17.8. The lowest BCUT2D eigenvalue weighted by Gasteiger charge is -2.32. The van der Waals surface area contributed by atoms with E-state index in [0.717, 1.165) is 24.2 Å². The van der Waals surface area contributed by atoms with Crippen LogP contribution < -0.4 is 5.32 Å². The Labute approximate surface area is 132 Å². The van der Waals surface area contributed by atoms with Gasteiger partial charge in [-0.1, -0.05) is 12.8 Å². The Balaban J connectivity index is 2.01. The predicted octanol–water partition coefficient (Wildman–Crippen LogP) is 1.85. The number of hydrogen-bond acceptors (Lipinski definition) is 3. The maximum Gasteiger partial charge on any atom is 0.394 e. The summed E-state index contributed by atoms with van der Waals surface area (Å²) in [5.41, 5.74) is 0. The van der Waals surface area contributed by atoms with E-state index in [1.807, 2.05) is 0 Å². The standard InChI is InChI=1S/C14H21F3N2O4/c1-23-11-5-3-2-4-10(11)18-13(22)19-6-8(12(20)21)9(7-19)14(15,16)17/h8-11H,2-7H2,1H3,(H,18,22)(H,20,21)/t8-,9-,10?,11?/m1/s1. The number of rotatable bonds is 3. The van der Waals surface area contributed by atoms with Gasteiger partial charge in [-0.2, -0.15) is 13.2 Å². The van der Waals surface area contributed by atoms with Gasteiger partial charge in [-0.15, -0.1) is 0 Å². The zero-order valence-corrected chi connectivity index (χ0v) is 12.8. The summed E-state index contributed by atoms with van der Waals surface area (Å²) in [7, 11) is 1.53. The van der Waals surface area contributed by atoms with Gasteiger partial charge in [0.2, 0.25) is 0 Å². The first-order valence-electron chi connectivity index (χ1n) is 7.61. The number of alkyl halides is 3. The summed E-state index contributed by atoms with van der Waals surface area (Å²) in [6.45, 7) is -1.06. The number of aliphatic carboxylic acids is 1. The number of halogens is 3. The van der Waals surface area contributed by atoms with Crippen molar-refractivity contribution in [2.45, 2.75) is 44.0 Å². The highest BCUT2D eigenvalue weighted by atomic mass is 19.4. The minimum Gasteiger partial charge on any atom is -0.481 e. The zero-order valence-electron chi connectivity index (χ0n) is 12.8. The number of nitrogens with one attached hydrogen (secondary N) is 1. The number of ether oxygens (including phenoxy) is 1. The monoisotopic (exact) mass is 338 g/mol. The number of methoxy groups -OCH3 is 1. The number of carbonyl (C=O) groups is 2. The molecule has 0 spiro atoms. The van der Waals surface area contributed by atoms with Crippen LogP contribution >= 0.6 is 0 Å². The maximum atomic E-state index is 12.9. The second-order valence-electron chi connectivity index (χ2n) is 6.11. The van der Waals surface area contributed by atoms with Gasteiger partial charge in [0.25, 0.3) is 0 Å². The van der Waals surface area contributed by atoms with Crippen LogP contribution in [0.2, 0.25) is 0 Å². The van der Waals surface area contributed by atoms with Crippen LogP contribution in [0.25, 0.3) is 0 Å². The molecule has 6 nitrogen and oxygen atoms in total. The van der Waals surface area contributed by atoms with E-state index in [4.69, 9.17) is 9.84 Å². The number of likely N-dealkylation sites (tertiary alicyclic amines) is 1. The van der Waals surface area contributed by atoms with Crippen molar-refractivity contribution in [3.05, 3.63) is 0 Å². The molecule has 0 aromatic carbocycles. The van der Waals surface area contributed by atoms with Gasteiger partial charge in [-0.05, 0) is 12.8 Å². The number of urea groups is 1. The van der Waals surface area contributed by atoms with Crippen LogP contribution in [0.4, 0.5) is 18.0 Å². The molecule has 1 aliphatic carbocycles. The van der Waals surface area contributed by atoms with Crippen LogP contribution in [0.1, 0.15) is 25.7 Å². The van der Waals surface area contributed by atoms with Crippen molar-refractivity contribution >= 4 is 12.0 Å². The predicted molar refractivity (Wildman–Crippen MR) is 73.8 cm³/mol. The Bertz CT molecular complexity index is 458. The quantitative estimate of drug-likeness (QED) is 0.823. The highest BCUT2D eigenvalue weighted by Gasteiger charge is 2.53. The van der Waals surface area contributed by atoms with Gasteiger partial charge in [0.15, 0.2) is 0 Å². The van der Waals surface area contributed by atoms with E-state index in [2.05, 4.69) is 5.32 Å². The molecule has 0 bridgehead atoms. The first-order chi connectivity index (χ1) is 10.7. The van der Waals surface area contributed by atoms with Crippen LogP contribution in [0.15, 0.2) is 0 Å². The van der Waals surface area contributed by atoms with Crippen LogP contribution in [0.5, 0.6) is 0 Å². The second-order valence-corrected chi connectivity index (χ2v) is 6.11. The minimum atomic E-state index is -4.64. The molecule has 2 amide bonds. The first-order valence-corrected chi connectivity index (χ1v) is 7.61. The molecule has 1 saturated carbocycles. The molecule has 23 heavy (non-hydrogen) atoms. The molecule has 2 N–H and O–H groups in total. The Morgan fingerprint density at radius 2 is 1.87 bits per heavy atom. The third-order valence-corrected chi connectivity index (χ3v) is 4.66. The number of amides is 2. The highest BCUT2D eigenvalue weighted by molar-refractivity contribution is 5.78. The highest BCUT2D eigenvalue weighted by Crippen LogP contribution is 2.37. The third-order valence-electron chi connectivity index (χ3n) is 4.66. The van der Waals surface area contributed by atoms with Crippen molar-refractivity contribution < 1.29 is 32.6 Å². The van der Waals surface area contributed by atoms with Gasteiger partial charge in [-0.25, -0.2) is 4.79 Å². The average molecular weight is 338 g/mol. The smallest absolute Gasteiger partial charge is 0.394 e. The molecule has 2 aliphatic rings. The molecule has 1 aliphatic heterocycles. The fraction of sp³-hybridized carbons (Fsp3) is 0.857. The molecule has 1 heterocycles. The third kappa shape index (κ3) is 4.07. The molecule has 2 rings (SSSR count). The largest absolute Gasteiger partial charge is 0.481 e. The molecular weight excluding hydrogens is 317 g/mol. The van der Waals surface area contributed by atoms with E-state index < -0.39 is 43.1 Å². The summed E-state index contributed by atoms with van der Waals surface area (Å²) in [5, 5.41) is 11.7. The molecule has 132 valence electrons. The van der Waals surface area contributed by atoms with Crippen molar-refractivity contribution in [2.24, 2.45) is 11.8 Å². The van der Waals surface area contributed by atoms with Crippen LogP contribution in [-0.2, 0) is 9.53 Å². The molecular formula is C14H21F3N2O4. The summed E-state index contributed by atoms with van der Waals surface area (Å²) in [6.07, 6.45) is -1.44. The summed E-state index contributed by atoms with van der Waals surface area (Å²) >= 11 is 0. The second kappa shape index (κ2) is 6.94. The summed E-state index contributed by atoms with van der Waals surface area (Å²) in [5.74, 6) is -5.18. The lowest BCUT2D eigenvalue weighted by molar-refractivity contribution is -0.187. The summed E-state index contributed by atoms with van der Waals surface area (Å²) in [6, 6.07) is -0.911. The Morgan fingerprint density at radius 3 is 2.39 bits per heavy atom. The molecule has 2 unspecified atom stereocenters. The van der Waals surface area contributed by atoms with E-state index in [1.165, 1.54) is 7.11 Å². The molecule has 0 aromatic heterocycles. The van der Waals surface area contributed by atoms with Gasteiger partial charge >= 0.3 is 18.2 Å². The van der Waals surface area contributed by atoms with Crippen molar-refractivity contribution in [3.8, 4) is 0 Å². The van der Waals surface area contributed by atoms with Crippen molar-refractivity contribution in [1.29, 1.82) is 0 Å². The SMILES string of the molecule is COC1CCCCC1NC(=O)N1C[C@@H](C(F)(F)F)[C@H](C(=O)O)C1. The van der Waals surface area contributed by atoms with Gasteiger partial charge in [-0.3, -0.25) is 4.79 Å². The van der Waals surface area contributed by atoms with E-state index in [9.17, 15) is 22.8 Å². The Hall–Kier alpha value is -1.51. The average Bonchev–Trinajstić information content (AvgIpc) is 2.93. The lowest BCUT2D eigenvalue weighted by Crippen LogP contribution is -2.50. The van der Waals surface area contributed by atoms with Crippen LogP contribution in [-0.4, -0.2) is 60.5 Å². The minimum absolute atomic E-state index is 0.163. The summed E-state index contributed by atoms with van der Waals surface area (Å²) in [4.78, 5) is 24.2. The number of carbonyl (C=O) groups excluding carboxylic acids is 1. The topological polar surface area (TPSA) is 78.9 Å². The zero-order chi connectivity index (χ0) is 17.2. The van der Waals surface area contributed by atoms with E-state index in [1.54, 1.807) is 0 Å². The summed E-state index contributed by atoms with van der Waals surface area (Å²) < 4.78 is 44.1. The van der Waals surface area contributed by atoms with Crippen molar-refractivity contribution in [2.75, 3.05) is 20.2 Å². The van der Waals surface area contributed by atoms with Crippen LogP contribution in [0.3, 0.4) is 0 Å². The number of carboxylic acids is 1. The van der Waals surface area contributed by atoms with Gasteiger partial charge < -0.3 is 20.1 Å². The number of hydrogen-bond donors (Lipinski definition) is 2. The van der Waals surface area contributed by atoms with Crippen molar-refractivity contribution in [3.63, 3.8) is 0 Å². The maximum absolute atomic E-state index is 12.9. The Kier molecular flexibility index (Phi) is 5.38. The molecule has 1 saturated heterocycles.